The average molecular weight is 293 g/mol. The van der Waals surface area contributed by atoms with Crippen molar-refractivity contribution in [3.8, 4) is 5.75 Å². The minimum Gasteiger partial charge on any atom is -0.493 e. The van der Waals surface area contributed by atoms with Gasteiger partial charge in [-0.3, -0.25) is 0 Å². The molecule has 0 heterocycles. The quantitative estimate of drug-likeness (QED) is 0.728. The topological polar surface area (TPSA) is 41.5 Å². The molecule has 0 radical (unpaired) electrons. The molecule has 0 amide bonds. The summed E-state index contributed by atoms with van der Waals surface area (Å²) in [5.41, 5.74) is 1.21. The zero-order valence-electron chi connectivity index (χ0n) is 14.1. The monoisotopic (exact) mass is 293 g/mol. The van der Waals surface area contributed by atoms with Gasteiger partial charge in [-0.05, 0) is 42.9 Å². The lowest BCUT2D eigenvalue weighted by Crippen LogP contribution is -2.29. The lowest BCUT2D eigenvalue weighted by atomic mass is 10.0. The molecule has 0 aliphatic rings. The van der Waals surface area contributed by atoms with E-state index in [0.29, 0.717) is 18.4 Å². The Hall–Kier alpha value is -1.06. The fourth-order valence-electron chi connectivity index (χ4n) is 2.17. The number of nitrogens with one attached hydrogen (secondary N) is 1. The van der Waals surface area contributed by atoms with Crippen LogP contribution in [0.1, 0.15) is 52.6 Å². The number of rotatable bonds is 9. The summed E-state index contributed by atoms with van der Waals surface area (Å²) in [6, 6.07) is 8.43. The maximum atomic E-state index is 9.90. The van der Waals surface area contributed by atoms with E-state index in [-0.39, 0.29) is 12.1 Å². The van der Waals surface area contributed by atoms with E-state index in [1.54, 1.807) is 0 Å². The van der Waals surface area contributed by atoms with Crippen molar-refractivity contribution in [1.82, 2.24) is 5.32 Å². The lowest BCUT2D eigenvalue weighted by Gasteiger charge is -2.19. The summed E-state index contributed by atoms with van der Waals surface area (Å²) >= 11 is 0. The van der Waals surface area contributed by atoms with Crippen LogP contribution in [0.4, 0.5) is 0 Å². The minimum absolute atomic E-state index is 0.228. The van der Waals surface area contributed by atoms with E-state index in [4.69, 9.17) is 4.74 Å². The first-order valence-electron chi connectivity index (χ1n) is 8.02. The number of hydrogen-bond acceptors (Lipinski definition) is 3. The first kappa shape index (κ1) is 18.0. The first-order chi connectivity index (χ1) is 9.88. The van der Waals surface area contributed by atoms with Crippen molar-refractivity contribution in [2.75, 3.05) is 13.2 Å². The van der Waals surface area contributed by atoms with E-state index < -0.39 is 0 Å². The molecular weight excluding hydrogens is 262 g/mol. The Morgan fingerprint density at radius 2 is 1.62 bits per heavy atom. The van der Waals surface area contributed by atoms with Gasteiger partial charge in [0, 0.05) is 12.6 Å². The van der Waals surface area contributed by atoms with Gasteiger partial charge < -0.3 is 15.2 Å². The second kappa shape index (κ2) is 9.06. The molecule has 0 saturated carbocycles. The number of aliphatic hydroxyl groups is 1. The molecule has 0 bridgehead atoms. The van der Waals surface area contributed by atoms with Crippen molar-refractivity contribution in [3.05, 3.63) is 29.8 Å². The van der Waals surface area contributed by atoms with Crippen molar-refractivity contribution in [1.29, 1.82) is 0 Å². The molecule has 1 aromatic rings. The fourth-order valence-corrected chi connectivity index (χ4v) is 2.17. The molecule has 21 heavy (non-hydrogen) atoms. The van der Waals surface area contributed by atoms with E-state index >= 15 is 0 Å². The van der Waals surface area contributed by atoms with Crippen LogP contribution >= 0.6 is 0 Å². The van der Waals surface area contributed by atoms with Gasteiger partial charge in [0.15, 0.2) is 0 Å². The molecule has 3 heteroatoms. The van der Waals surface area contributed by atoms with Gasteiger partial charge in [-0.1, -0.05) is 39.8 Å². The Bertz CT molecular complexity index is 387. The molecule has 0 aromatic heterocycles. The zero-order valence-corrected chi connectivity index (χ0v) is 14.1. The van der Waals surface area contributed by atoms with Crippen LogP contribution in [-0.2, 0) is 0 Å². The molecule has 0 aliphatic heterocycles. The molecule has 1 aromatic carbocycles. The van der Waals surface area contributed by atoms with Crippen LogP contribution in [-0.4, -0.2) is 24.4 Å². The molecule has 2 unspecified atom stereocenters. The SMILES string of the molecule is CC(C)COc1ccc(C(C)NCC(O)CC(C)C)cc1. The minimum atomic E-state index is -0.277. The molecule has 0 saturated heterocycles. The Kier molecular flexibility index (Phi) is 7.76. The molecule has 0 aliphatic carbocycles. The Balaban J connectivity index is 2.42. The number of ether oxygens (including phenoxy) is 1. The van der Waals surface area contributed by atoms with E-state index in [1.165, 1.54) is 5.56 Å². The molecule has 3 nitrogen and oxygen atoms in total. The van der Waals surface area contributed by atoms with E-state index in [1.807, 2.05) is 12.1 Å². The summed E-state index contributed by atoms with van der Waals surface area (Å²) in [6.45, 7) is 12.0. The summed E-state index contributed by atoms with van der Waals surface area (Å²) in [6.07, 6.45) is 0.558. The predicted octanol–water partition coefficient (Wildman–Crippen LogP) is 3.78. The largest absolute Gasteiger partial charge is 0.493 e. The highest BCUT2D eigenvalue weighted by Gasteiger charge is 2.10. The van der Waals surface area contributed by atoms with Gasteiger partial charge in [0.2, 0.25) is 0 Å². The van der Waals surface area contributed by atoms with Crippen molar-refractivity contribution < 1.29 is 9.84 Å². The lowest BCUT2D eigenvalue weighted by molar-refractivity contribution is 0.143. The maximum absolute atomic E-state index is 9.90. The highest BCUT2D eigenvalue weighted by atomic mass is 16.5. The van der Waals surface area contributed by atoms with E-state index in [2.05, 4.69) is 52.1 Å². The summed E-state index contributed by atoms with van der Waals surface area (Å²) in [5, 5.41) is 13.3. The predicted molar refractivity (Wildman–Crippen MR) is 88.7 cm³/mol. The summed E-state index contributed by atoms with van der Waals surface area (Å²) in [4.78, 5) is 0. The average Bonchev–Trinajstić information content (AvgIpc) is 2.42. The van der Waals surface area contributed by atoms with Gasteiger partial charge in [-0.25, -0.2) is 0 Å². The van der Waals surface area contributed by atoms with E-state index in [0.717, 1.165) is 18.8 Å². The fraction of sp³-hybridized carbons (Fsp3) is 0.667. The van der Waals surface area contributed by atoms with Crippen LogP contribution in [0, 0.1) is 11.8 Å². The Morgan fingerprint density at radius 1 is 1.00 bits per heavy atom. The van der Waals surface area contributed by atoms with Gasteiger partial charge in [0.25, 0.3) is 0 Å². The number of aliphatic hydroxyl groups excluding tert-OH is 1. The first-order valence-corrected chi connectivity index (χ1v) is 8.02. The molecule has 120 valence electrons. The standard InChI is InChI=1S/C18H31NO2/c1-13(2)10-17(20)11-19-15(5)16-6-8-18(9-7-16)21-12-14(3)4/h6-9,13-15,17,19-20H,10-12H2,1-5H3. The van der Waals surface area contributed by atoms with Crippen LogP contribution in [0.5, 0.6) is 5.75 Å². The van der Waals surface area contributed by atoms with Gasteiger partial charge in [0.1, 0.15) is 5.75 Å². The number of benzene rings is 1. The highest BCUT2D eigenvalue weighted by molar-refractivity contribution is 5.28. The van der Waals surface area contributed by atoms with Crippen LogP contribution in [0.25, 0.3) is 0 Å². The normalized spacial score (nSPS) is 14.5. The second-order valence-electron chi connectivity index (χ2n) is 6.69. The molecule has 2 N–H and O–H groups in total. The third-order valence-electron chi connectivity index (χ3n) is 3.37. The van der Waals surface area contributed by atoms with Gasteiger partial charge in [-0.2, -0.15) is 0 Å². The smallest absolute Gasteiger partial charge is 0.119 e. The van der Waals surface area contributed by atoms with Crippen LogP contribution in [0.2, 0.25) is 0 Å². The van der Waals surface area contributed by atoms with Crippen molar-refractivity contribution in [2.24, 2.45) is 11.8 Å². The zero-order chi connectivity index (χ0) is 15.8. The third kappa shape index (κ3) is 7.49. The second-order valence-corrected chi connectivity index (χ2v) is 6.69. The van der Waals surface area contributed by atoms with Gasteiger partial charge >= 0.3 is 0 Å². The van der Waals surface area contributed by atoms with Crippen molar-refractivity contribution in [2.45, 2.75) is 53.2 Å². The van der Waals surface area contributed by atoms with Gasteiger partial charge in [-0.15, -0.1) is 0 Å². The van der Waals surface area contributed by atoms with Crippen LogP contribution in [0.15, 0.2) is 24.3 Å². The van der Waals surface area contributed by atoms with E-state index in [9.17, 15) is 5.11 Å². The molecular formula is C18H31NO2. The van der Waals surface area contributed by atoms with Crippen molar-refractivity contribution in [3.63, 3.8) is 0 Å². The Morgan fingerprint density at radius 3 is 2.14 bits per heavy atom. The highest BCUT2D eigenvalue weighted by Crippen LogP contribution is 2.18. The molecule has 2 atom stereocenters. The number of hydrogen-bond donors (Lipinski definition) is 2. The summed E-state index contributed by atoms with van der Waals surface area (Å²) < 4.78 is 5.68. The third-order valence-corrected chi connectivity index (χ3v) is 3.37. The summed E-state index contributed by atoms with van der Waals surface area (Å²) in [7, 11) is 0. The van der Waals surface area contributed by atoms with Crippen LogP contribution < -0.4 is 10.1 Å². The van der Waals surface area contributed by atoms with Crippen molar-refractivity contribution >= 4 is 0 Å². The molecule has 0 fully saturated rings. The Labute approximate surface area is 129 Å². The summed E-state index contributed by atoms with van der Waals surface area (Å²) in [5.74, 6) is 1.97. The maximum Gasteiger partial charge on any atom is 0.119 e. The molecule has 0 spiro atoms. The van der Waals surface area contributed by atoms with Crippen LogP contribution in [0.3, 0.4) is 0 Å². The molecule has 1 rings (SSSR count). The van der Waals surface area contributed by atoms with Gasteiger partial charge in [0.05, 0.1) is 12.7 Å².